The molecule has 5 atom stereocenters. The highest BCUT2D eigenvalue weighted by Gasteiger charge is 2.63. The molecule has 1 aliphatic heterocycles. The van der Waals surface area contributed by atoms with E-state index < -0.39 is 69.6 Å². The summed E-state index contributed by atoms with van der Waals surface area (Å²) in [4.78, 5) is 44.7. The van der Waals surface area contributed by atoms with Gasteiger partial charge in [0.1, 0.15) is 28.7 Å². The number of phenols is 1. The molecule has 0 saturated carbocycles. The van der Waals surface area contributed by atoms with Gasteiger partial charge < -0.3 is 31.1 Å². The number of nitrogens with two attached hydrogens (primary N) is 1. The summed E-state index contributed by atoms with van der Waals surface area (Å²) in [7, 11) is 7.08. The van der Waals surface area contributed by atoms with Crippen LogP contribution in [0.15, 0.2) is 28.7 Å². The minimum Gasteiger partial charge on any atom is -0.510 e. The van der Waals surface area contributed by atoms with Gasteiger partial charge in [-0.25, -0.2) is 4.39 Å². The van der Waals surface area contributed by atoms with E-state index in [-0.39, 0.29) is 41.6 Å². The number of carbonyl (C=O) groups excluding carboxylic acids is 3. The van der Waals surface area contributed by atoms with Crippen molar-refractivity contribution in [3.8, 4) is 5.75 Å². The molecule has 216 valence electrons. The summed E-state index contributed by atoms with van der Waals surface area (Å²) < 4.78 is 16.0. The van der Waals surface area contributed by atoms with Crippen molar-refractivity contribution < 1.29 is 39.2 Å². The number of rotatable bonds is 5. The number of ketones is 2. The van der Waals surface area contributed by atoms with Crippen molar-refractivity contribution in [2.45, 2.75) is 43.5 Å². The number of fused-ring (bicyclic) bond motifs is 3. The van der Waals surface area contributed by atoms with Gasteiger partial charge in [-0.2, -0.15) is 0 Å². The fourth-order valence-corrected chi connectivity index (χ4v) is 7.09. The lowest BCUT2D eigenvalue weighted by Gasteiger charge is -2.50. The van der Waals surface area contributed by atoms with E-state index in [2.05, 4.69) is 9.80 Å². The molecule has 1 saturated heterocycles. The molecule has 0 radical (unpaired) electrons. The second-order valence-corrected chi connectivity index (χ2v) is 11.8. The number of likely N-dealkylation sites (N-methyl/N-ethyl adjacent to an activating group) is 2. The SMILES string of the molecule is CN(C)[C@@H]1CCN(Cc2cc(O)c3c(c2F)C[C@H]2C[C@H]4[C@H](N(C)C)C(O)=C(C(N)=O)C(=O)[C@@]4(O)C(O)=C2C3=O)C1. The maximum absolute atomic E-state index is 16.0. The zero-order chi connectivity index (χ0) is 29.4. The Morgan fingerprint density at radius 3 is 2.42 bits per heavy atom. The van der Waals surface area contributed by atoms with Crippen molar-refractivity contribution in [2.75, 3.05) is 41.3 Å². The van der Waals surface area contributed by atoms with E-state index in [1.807, 2.05) is 14.1 Å². The van der Waals surface area contributed by atoms with E-state index in [0.29, 0.717) is 6.04 Å². The molecule has 6 N–H and O–H groups in total. The maximum atomic E-state index is 16.0. The molecule has 1 aromatic rings. The molecular weight excluding hydrogens is 523 g/mol. The Morgan fingerprint density at radius 1 is 1.18 bits per heavy atom. The number of phenolic OH excluding ortho intramolecular Hbond substituents is 1. The Bertz CT molecular complexity index is 1390. The van der Waals surface area contributed by atoms with E-state index in [4.69, 9.17) is 5.73 Å². The lowest BCUT2D eigenvalue weighted by Crippen LogP contribution is -2.63. The molecule has 0 bridgehead atoms. The number of likely N-dealkylation sites (tertiary alicyclic amines) is 1. The Kier molecular flexibility index (Phi) is 6.81. The van der Waals surface area contributed by atoms with Gasteiger partial charge in [-0.05, 0) is 59.4 Å². The van der Waals surface area contributed by atoms with Crippen molar-refractivity contribution in [2.24, 2.45) is 17.6 Å². The Morgan fingerprint density at radius 2 is 1.85 bits per heavy atom. The molecule has 1 aromatic carbocycles. The molecule has 1 heterocycles. The van der Waals surface area contributed by atoms with Gasteiger partial charge in [0.2, 0.25) is 5.78 Å². The number of carbonyl (C=O) groups is 3. The molecule has 40 heavy (non-hydrogen) atoms. The second kappa shape index (κ2) is 9.65. The molecule has 12 heteroatoms. The number of aliphatic hydroxyl groups is 3. The van der Waals surface area contributed by atoms with Gasteiger partial charge in [0.05, 0.1) is 11.6 Å². The molecule has 0 aromatic heterocycles. The maximum Gasteiger partial charge on any atom is 0.255 e. The van der Waals surface area contributed by atoms with Crippen LogP contribution in [-0.4, -0.2) is 112 Å². The number of benzene rings is 1. The minimum absolute atomic E-state index is 0.0106. The smallest absolute Gasteiger partial charge is 0.255 e. The van der Waals surface area contributed by atoms with Crippen molar-refractivity contribution in [1.29, 1.82) is 0 Å². The van der Waals surface area contributed by atoms with Crippen molar-refractivity contribution in [3.63, 3.8) is 0 Å². The van der Waals surface area contributed by atoms with Crippen molar-refractivity contribution in [3.05, 3.63) is 51.2 Å². The lowest BCUT2D eigenvalue weighted by molar-refractivity contribution is -0.148. The predicted molar refractivity (Wildman–Crippen MR) is 141 cm³/mol. The number of hydrogen-bond acceptors (Lipinski definition) is 10. The number of halogens is 1. The number of primary amides is 1. The molecular formula is C28H35FN4O7. The third-order valence-electron chi connectivity index (χ3n) is 9.10. The number of amides is 1. The third kappa shape index (κ3) is 3.96. The van der Waals surface area contributed by atoms with Gasteiger partial charge in [-0.15, -0.1) is 0 Å². The van der Waals surface area contributed by atoms with Crippen LogP contribution < -0.4 is 5.73 Å². The summed E-state index contributed by atoms with van der Waals surface area (Å²) in [6.07, 6.45) is 0.753. The summed E-state index contributed by atoms with van der Waals surface area (Å²) in [6, 6.07) is 0.443. The number of Topliss-reactive ketones (excluding diaryl/α,β-unsaturated/α-hetero) is 2. The second-order valence-electron chi connectivity index (χ2n) is 11.8. The first kappa shape index (κ1) is 28.2. The zero-order valence-electron chi connectivity index (χ0n) is 22.9. The highest BCUT2D eigenvalue weighted by molar-refractivity contribution is 6.24. The van der Waals surface area contributed by atoms with Crippen LogP contribution >= 0.6 is 0 Å². The van der Waals surface area contributed by atoms with E-state index in [0.717, 1.165) is 19.5 Å². The quantitative estimate of drug-likeness (QED) is 0.319. The molecule has 5 rings (SSSR count). The Hall–Kier alpha value is -3.32. The summed E-state index contributed by atoms with van der Waals surface area (Å²) in [6.45, 7) is 1.74. The largest absolute Gasteiger partial charge is 0.510 e. The lowest BCUT2D eigenvalue weighted by atomic mass is 9.58. The first-order valence-electron chi connectivity index (χ1n) is 13.3. The molecule has 11 nitrogen and oxygen atoms in total. The van der Waals surface area contributed by atoms with Gasteiger partial charge in [-0.1, -0.05) is 0 Å². The predicted octanol–water partition coefficient (Wildman–Crippen LogP) is 0.396. The number of nitrogens with zero attached hydrogens (tertiary/aromatic N) is 3. The molecule has 1 amide bonds. The van der Waals surface area contributed by atoms with E-state index in [1.165, 1.54) is 11.0 Å². The first-order valence-corrected chi connectivity index (χ1v) is 13.3. The van der Waals surface area contributed by atoms with Crippen LogP contribution in [0.5, 0.6) is 5.75 Å². The summed E-state index contributed by atoms with van der Waals surface area (Å²) in [5, 5.41) is 44.7. The monoisotopic (exact) mass is 558 g/mol. The van der Waals surface area contributed by atoms with Crippen LogP contribution in [0.3, 0.4) is 0 Å². The minimum atomic E-state index is -2.72. The average Bonchev–Trinajstić information content (AvgIpc) is 3.33. The van der Waals surface area contributed by atoms with Gasteiger partial charge in [0, 0.05) is 48.3 Å². The average molecular weight is 559 g/mol. The molecule has 1 fully saturated rings. The zero-order valence-corrected chi connectivity index (χ0v) is 22.9. The first-order chi connectivity index (χ1) is 18.7. The van der Waals surface area contributed by atoms with Gasteiger partial charge in [0.25, 0.3) is 5.91 Å². The topological polar surface area (TPSA) is 168 Å². The van der Waals surface area contributed by atoms with Gasteiger partial charge >= 0.3 is 0 Å². The van der Waals surface area contributed by atoms with Crippen LogP contribution in [0.2, 0.25) is 0 Å². The van der Waals surface area contributed by atoms with Crippen LogP contribution in [0.4, 0.5) is 4.39 Å². The van der Waals surface area contributed by atoms with Crippen molar-refractivity contribution in [1.82, 2.24) is 14.7 Å². The fourth-order valence-electron chi connectivity index (χ4n) is 7.09. The molecule has 0 spiro atoms. The summed E-state index contributed by atoms with van der Waals surface area (Å²) in [5.41, 5.74) is 1.37. The molecule has 4 aliphatic rings. The summed E-state index contributed by atoms with van der Waals surface area (Å²) >= 11 is 0. The highest BCUT2D eigenvalue weighted by atomic mass is 19.1. The van der Waals surface area contributed by atoms with Crippen molar-refractivity contribution >= 4 is 17.5 Å². The van der Waals surface area contributed by atoms with Gasteiger partial charge in [0.15, 0.2) is 11.4 Å². The van der Waals surface area contributed by atoms with Crippen LogP contribution in [-0.2, 0) is 22.6 Å². The van der Waals surface area contributed by atoms with Crippen LogP contribution in [0, 0.1) is 17.7 Å². The van der Waals surface area contributed by atoms with E-state index >= 15 is 4.39 Å². The Labute approximate surface area is 231 Å². The third-order valence-corrected chi connectivity index (χ3v) is 9.10. The molecule has 3 aliphatic carbocycles. The van der Waals surface area contributed by atoms with E-state index in [9.17, 15) is 34.8 Å². The van der Waals surface area contributed by atoms with Crippen LogP contribution in [0.1, 0.15) is 34.3 Å². The van der Waals surface area contributed by atoms with E-state index in [1.54, 1.807) is 14.1 Å². The highest BCUT2D eigenvalue weighted by Crippen LogP contribution is 2.52. The van der Waals surface area contributed by atoms with Crippen LogP contribution in [0.25, 0.3) is 0 Å². The van der Waals surface area contributed by atoms with Gasteiger partial charge in [-0.3, -0.25) is 24.2 Å². The fraction of sp³-hybridized carbons (Fsp3) is 0.536. The molecule has 0 unspecified atom stereocenters. The summed E-state index contributed by atoms with van der Waals surface area (Å²) in [5.74, 6) is -8.17. The normalized spacial score (nSPS) is 30.7. The number of allylic oxidation sites excluding steroid dienone is 1. The number of aliphatic hydroxyl groups excluding tert-OH is 2. The number of aromatic hydroxyl groups is 1. The standard InChI is InChI=1S/C28H35FN4O7/c1-31(2)14-5-6-33(11-14)10-13-9-17(34)19-15(21(13)29)7-12-8-16-22(32(3)4)24(36)20(27(30)39)26(38)28(16,40)25(37)18(12)23(19)35/h9,12,14,16,22,34,36-37,40H,5-8,10-11H2,1-4H3,(H2,30,39)/t12-,14+,16-,22-,28-/m0/s1. The number of hydrogen-bond donors (Lipinski definition) is 5. The Balaban J connectivity index is 1.58.